The van der Waals surface area contributed by atoms with E-state index in [0.29, 0.717) is 28.0 Å². The molecule has 3 rings (SSSR count). The largest absolute Gasteiger partial charge is 0.301 e. The van der Waals surface area contributed by atoms with Crippen LogP contribution in [-0.4, -0.2) is 44.3 Å². The van der Waals surface area contributed by atoms with Crippen molar-refractivity contribution in [2.75, 3.05) is 26.7 Å². The molecule has 0 aliphatic carbocycles. The maximum absolute atomic E-state index is 13.1. The zero-order valence-corrected chi connectivity index (χ0v) is 18.8. The normalized spacial score (nSPS) is 17.7. The third-order valence-electron chi connectivity index (χ3n) is 5.22. The second-order valence-electron chi connectivity index (χ2n) is 7.27. The van der Waals surface area contributed by atoms with Gasteiger partial charge in [-0.1, -0.05) is 49.2 Å². The van der Waals surface area contributed by atoms with E-state index in [2.05, 4.69) is 4.90 Å². The third kappa shape index (κ3) is 4.24. The average Bonchev–Trinajstić information content (AvgIpc) is 2.66. The Labute approximate surface area is 178 Å². The van der Waals surface area contributed by atoms with Gasteiger partial charge in [-0.15, -0.1) is 0 Å². The van der Waals surface area contributed by atoms with Gasteiger partial charge in [0.2, 0.25) is 10.0 Å². The molecular weight excluding hydrogens is 415 g/mol. The van der Waals surface area contributed by atoms with E-state index in [1.54, 1.807) is 18.2 Å². The Balaban J connectivity index is 2.06. The van der Waals surface area contributed by atoms with Gasteiger partial charge in [-0.2, -0.15) is 4.31 Å². The Bertz CT molecular complexity index is 963. The Morgan fingerprint density at radius 1 is 1.18 bits per heavy atom. The van der Waals surface area contributed by atoms with Gasteiger partial charge >= 0.3 is 0 Å². The van der Waals surface area contributed by atoms with Crippen LogP contribution in [0.5, 0.6) is 0 Å². The summed E-state index contributed by atoms with van der Waals surface area (Å²) in [5, 5.41) is 1.25. The van der Waals surface area contributed by atoms with E-state index in [-0.39, 0.29) is 5.92 Å². The standard InChI is InChI=1S/C21H26Cl2N2O2S/c1-4-9-25(5-2)28(26,27)17-8-6-7-15(10-17)19-13-24(3)14-20-18(19)11-16(22)12-21(20)23/h6-8,10-12,19H,4-5,9,13-14H2,1-3H3/t19-/m0/s1. The van der Waals surface area contributed by atoms with Crippen molar-refractivity contribution < 1.29 is 8.42 Å². The second-order valence-corrected chi connectivity index (χ2v) is 10.1. The van der Waals surface area contributed by atoms with Crippen LogP contribution >= 0.6 is 23.2 Å². The first-order valence-corrected chi connectivity index (χ1v) is 11.7. The highest BCUT2D eigenvalue weighted by Crippen LogP contribution is 2.39. The lowest BCUT2D eigenvalue weighted by Crippen LogP contribution is -2.32. The Kier molecular flexibility index (Phi) is 6.72. The number of hydrogen-bond donors (Lipinski definition) is 0. The lowest BCUT2D eigenvalue weighted by molar-refractivity contribution is 0.295. The zero-order valence-electron chi connectivity index (χ0n) is 16.5. The molecule has 0 spiro atoms. The fraction of sp³-hybridized carbons (Fsp3) is 0.429. The highest BCUT2D eigenvalue weighted by Gasteiger charge is 2.29. The van der Waals surface area contributed by atoms with E-state index in [4.69, 9.17) is 23.2 Å². The van der Waals surface area contributed by atoms with E-state index in [1.807, 2.05) is 39.1 Å². The minimum Gasteiger partial charge on any atom is -0.301 e. The molecule has 0 amide bonds. The van der Waals surface area contributed by atoms with Gasteiger partial charge in [-0.25, -0.2) is 8.42 Å². The van der Waals surface area contributed by atoms with Gasteiger partial charge in [0.15, 0.2) is 0 Å². The average molecular weight is 441 g/mol. The molecule has 1 aliphatic heterocycles. The molecule has 0 saturated heterocycles. The summed E-state index contributed by atoms with van der Waals surface area (Å²) in [4.78, 5) is 2.53. The van der Waals surface area contributed by atoms with Crippen LogP contribution < -0.4 is 0 Å². The molecule has 2 aromatic carbocycles. The number of sulfonamides is 1. The minimum absolute atomic E-state index is 0.0151. The summed E-state index contributed by atoms with van der Waals surface area (Å²) in [5.74, 6) is 0.0151. The molecular formula is C21H26Cl2N2O2S. The predicted molar refractivity (Wildman–Crippen MR) is 116 cm³/mol. The molecule has 0 radical (unpaired) electrons. The maximum atomic E-state index is 13.1. The number of halogens is 2. The molecule has 0 N–H and O–H groups in total. The van der Waals surface area contributed by atoms with E-state index < -0.39 is 10.0 Å². The van der Waals surface area contributed by atoms with Crippen molar-refractivity contribution in [3.63, 3.8) is 0 Å². The highest BCUT2D eigenvalue weighted by atomic mass is 35.5. The molecule has 0 fully saturated rings. The predicted octanol–water partition coefficient (Wildman–Crippen LogP) is 4.99. The van der Waals surface area contributed by atoms with Crippen molar-refractivity contribution in [3.05, 3.63) is 63.1 Å². The van der Waals surface area contributed by atoms with Crippen LogP contribution in [0.25, 0.3) is 0 Å². The fourth-order valence-corrected chi connectivity index (χ4v) is 6.03. The lowest BCUT2D eigenvalue weighted by Gasteiger charge is -2.33. The van der Waals surface area contributed by atoms with Crippen molar-refractivity contribution in [1.29, 1.82) is 0 Å². The number of benzene rings is 2. The SMILES string of the molecule is CCCN(CC)S(=O)(=O)c1cccc([C@@H]2CN(C)Cc3c(Cl)cc(Cl)cc32)c1. The summed E-state index contributed by atoms with van der Waals surface area (Å²) >= 11 is 12.7. The molecule has 1 heterocycles. The zero-order chi connectivity index (χ0) is 20.5. The Morgan fingerprint density at radius 3 is 2.61 bits per heavy atom. The third-order valence-corrected chi connectivity index (χ3v) is 7.74. The van der Waals surface area contributed by atoms with Crippen LogP contribution in [0.2, 0.25) is 10.0 Å². The van der Waals surface area contributed by atoms with Crippen LogP contribution in [-0.2, 0) is 16.6 Å². The monoisotopic (exact) mass is 440 g/mol. The molecule has 1 aliphatic rings. The van der Waals surface area contributed by atoms with E-state index in [0.717, 1.165) is 36.2 Å². The van der Waals surface area contributed by atoms with Gasteiger partial charge in [0.1, 0.15) is 0 Å². The molecule has 0 unspecified atom stereocenters. The second kappa shape index (κ2) is 8.72. The van der Waals surface area contributed by atoms with E-state index >= 15 is 0 Å². The number of rotatable bonds is 6. The summed E-state index contributed by atoms with van der Waals surface area (Å²) < 4.78 is 27.7. The van der Waals surface area contributed by atoms with E-state index in [1.165, 1.54) is 4.31 Å². The molecule has 1 atom stereocenters. The molecule has 2 aromatic rings. The van der Waals surface area contributed by atoms with Gasteiger partial charge in [0, 0.05) is 42.1 Å². The first-order valence-electron chi connectivity index (χ1n) is 9.54. The Morgan fingerprint density at radius 2 is 1.93 bits per heavy atom. The Hall–Kier alpha value is -1.11. The maximum Gasteiger partial charge on any atom is 0.243 e. The summed E-state index contributed by atoms with van der Waals surface area (Å²) in [6.45, 7) is 6.35. The first-order chi connectivity index (χ1) is 13.3. The van der Waals surface area contributed by atoms with Crippen LogP contribution in [0.15, 0.2) is 41.3 Å². The molecule has 0 bridgehead atoms. The minimum atomic E-state index is -3.51. The van der Waals surface area contributed by atoms with Crippen molar-refractivity contribution in [1.82, 2.24) is 9.21 Å². The van der Waals surface area contributed by atoms with Gasteiger partial charge < -0.3 is 4.90 Å². The van der Waals surface area contributed by atoms with Gasteiger partial charge in [0.25, 0.3) is 0 Å². The summed E-state index contributed by atoms with van der Waals surface area (Å²) in [5.41, 5.74) is 3.09. The summed E-state index contributed by atoms with van der Waals surface area (Å²) in [6.07, 6.45) is 0.782. The number of likely N-dealkylation sites (N-methyl/N-ethyl adjacent to an activating group) is 1. The molecule has 28 heavy (non-hydrogen) atoms. The fourth-order valence-electron chi connectivity index (χ4n) is 3.87. The topological polar surface area (TPSA) is 40.6 Å². The van der Waals surface area contributed by atoms with Crippen molar-refractivity contribution in [3.8, 4) is 0 Å². The smallest absolute Gasteiger partial charge is 0.243 e. The van der Waals surface area contributed by atoms with Gasteiger partial charge in [0.05, 0.1) is 4.90 Å². The number of nitrogens with zero attached hydrogens (tertiary/aromatic N) is 2. The summed E-state index contributed by atoms with van der Waals surface area (Å²) in [6, 6.07) is 11.0. The van der Waals surface area contributed by atoms with Crippen LogP contribution in [0.1, 0.15) is 42.9 Å². The quantitative estimate of drug-likeness (QED) is 0.634. The van der Waals surface area contributed by atoms with Gasteiger partial charge in [-0.3, -0.25) is 0 Å². The van der Waals surface area contributed by atoms with Crippen LogP contribution in [0.4, 0.5) is 0 Å². The highest BCUT2D eigenvalue weighted by molar-refractivity contribution is 7.89. The summed E-state index contributed by atoms with van der Waals surface area (Å²) in [7, 11) is -1.47. The molecule has 0 aromatic heterocycles. The molecule has 4 nitrogen and oxygen atoms in total. The van der Waals surface area contributed by atoms with E-state index in [9.17, 15) is 8.42 Å². The molecule has 7 heteroatoms. The van der Waals surface area contributed by atoms with Crippen molar-refractivity contribution in [2.24, 2.45) is 0 Å². The number of fused-ring (bicyclic) bond motifs is 1. The van der Waals surface area contributed by atoms with Crippen LogP contribution in [0.3, 0.4) is 0 Å². The number of hydrogen-bond acceptors (Lipinski definition) is 3. The first kappa shape index (κ1) is 21.6. The van der Waals surface area contributed by atoms with Crippen LogP contribution in [0, 0.1) is 0 Å². The van der Waals surface area contributed by atoms with Crippen molar-refractivity contribution >= 4 is 33.2 Å². The molecule has 152 valence electrons. The lowest BCUT2D eigenvalue weighted by atomic mass is 9.85. The van der Waals surface area contributed by atoms with Crippen molar-refractivity contribution in [2.45, 2.75) is 37.6 Å². The molecule has 0 saturated carbocycles. The van der Waals surface area contributed by atoms with Gasteiger partial charge in [-0.05, 0) is 54.4 Å².